The van der Waals surface area contributed by atoms with E-state index in [2.05, 4.69) is 34.1 Å². The highest BCUT2D eigenvalue weighted by molar-refractivity contribution is 5.55. The van der Waals surface area contributed by atoms with Gasteiger partial charge in [0.05, 0.1) is 0 Å². The molecule has 136 valence electrons. The molecule has 0 spiro atoms. The number of nitrogens with zero attached hydrogens (tertiary/aromatic N) is 2. The van der Waals surface area contributed by atoms with E-state index in [0.29, 0.717) is 24.1 Å². The Hall–Kier alpha value is -2.21. The van der Waals surface area contributed by atoms with Crippen LogP contribution in [-0.4, -0.2) is 33.2 Å². The van der Waals surface area contributed by atoms with Gasteiger partial charge in [0.15, 0.2) is 0 Å². The van der Waals surface area contributed by atoms with Crippen LogP contribution < -0.4 is 10.9 Å². The van der Waals surface area contributed by atoms with Crippen molar-refractivity contribution < 1.29 is 5.11 Å². The third-order valence-electron chi connectivity index (χ3n) is 4.11. The monoisotopic (exact) mass is 344 g/mol. The Bertz CT molecular complexity index is 710. The van der Waals surface area contributed by atoms with Gasteiger partial charge in [-0.3, -0.25) is 4.79 Å². The molecule has 2 aromatic heterocycles. The molecule has 0 bridgehead atoms. The number of hydrogen-bond donors (Lipinski definition) is 3. The molecule has 0 fully saturated rings. The molecule has 2 aromatic rings. The highest BCUT2D eigenvalue weighted by atomic mass is 16.3. The molecular formula is C19H28N4O2. The molecule has 0 aliphatic heterocycles. The van der Waals surface area contributed by atoms with Crippen molar-refractivity contribution >= 4 is 5.82 Å². The quantitative estimate of drug-likeness (QED) is 0.651. The predicted molar refractivity (Wildman–Crippen MR) is 101 cm³/mol. The van der Waals surface area contributed by atoms with Crippen LogP contribution in [0.1, 0.15) is 39.3 Å². The molecule has 1 atom stereocenters. The summed E-state index contributed by atoms with van der Waals surface area (Å²) in [7, 11) is 0. The molecule has 0 saturated carbocycles. The lowest BCUT2D eigenvalue weighted by molar-refractivity contribution is 0.247. The summed E-state index contributed by atoms with van der Waals surface area (Å²) in [5.74, 6) is 2.35. The van der Waals surface area contributed by atoms with Gasteiger partial charge in [0.25, 0.3) is 5.56 Å². The highest BCUT2D eigenvalue weighted by Crippen LogP contribution is 2.18. The van der Waals surface area contributed by atoms with Gasteiger partial charge in [-0.1, -0.05) is 20.8 Å². The summed E-state index contributed by atoms with van der Waals surface area (Å²) in [6, 6.07) is 5.30. The number of nitrogens with one attached hydrogen (secondary N) is 2. The summed E-state index contributed by atoms with van der Waals surface area (Å²) in [5.41, 5.74) is 1.40. The van der Waals surface area contributed by atoms with Crippen LogP contribution >= 0.6 is 0 Å². The zero-order valence-corrected chi connectivity index (χ0v) is 15.2. The normalized spacial score (nSPS) is 12.4. The van der Waals surface area contributed by atoms with Crippen molar-refractivity contribution in [1.29, 1.82) is 0 Å². The van der Waals surface area contributed by atoms with Gasteiger partial charge >= 0.3 is 0 Å². The number of H-pyrrole nitrogens is 1. The third kappa shape index (κ3) is 5.98. The first-order valence-electron chi connectivity index (χ1n) is 8.93. The van der Waals surface area contributed by atoms with Crippen LogP contribution in [0.5, 0.6) is 0 Å². The molecule has 0 radical (unpaired) electrons. The average Bonchev–Trinajstić information content (AvgIpc) is 2.59. The predicted octanol–water partition coefficient (Wildman–Crippen LogP) is 2.85. The van der Waals surface area contributed by atoms with E-state index in [9.17, 15) is 9.90 Å². The van der Waals surface area contributed by atoms with Crippen LogP contribution in [0.15, 0.2) is 29.2 Å². The second-order valence-electron chi connectivity index (χ2n) is 6.76. The maximum atomic E-state index is 11.7. The summed E-state index contributed by atoms with van der Waals surface area (Å²) in [4.78, 5) is 23.3. The molecule has 2 heterocycles. The molecule has 0 amide bonds. The fourth-order valence-corrected chi connectivity index (χ4v) is 2.87. The standard InChI is InChI=1S/C19H28N4O2/c1-4-16-10-18(25)23-19(22-16)15-5-6-17(21-12-15)20-11-14(7-8-24)9-13(2)3/h5-6,10,12-14,24H,4,7-9,11H2,1-3H3,(H,20,21)(H,22,23,25). The molecule has 0 aromatic carbocycles. The fraction of sp³-hybridized carbons (Fsp3) is 0.526. The van der Waals surface area contributed by atoms with Gasteiger partial charge in [-0.25, -0.2) is 9.97 Å². The van der Waals surface area contributed by atoms with Crippen LogP contribution in [0.25, 0.3) is 11.4 Å². The van der Waals surface area contributed by atoms with Gasteiger partial charge in [-0.05, 0) is 43.2 Å². The van der Waals surface area contributed by atoms with E-state index >= 15 is 0 Å². The lowest BCUT2D eigenvalue weighted by atomic mass is 9.94. The van der Waals surface area contributed by atoms with Crippen LogP contribution in [-0.2, 0) is 6.42 Å². The minimum atomic E-state index is -0.149. The fourth-order valence-electron chi connectivity index (χ4n) is 2.87. The Balaban J connectivity index is 2.04. The number of aryl methyl sites for hydroxylation is 1. The molecule has 6 nitrogen and oxygen atoms in total. The minimum Gasteiger partial charge on any atom is -0.396 e. The van der Waals surface area contributed by atoms with Gasteiger partial charge in [0, 0.05) is 36.7 Å². The molecule has 3 N–H and O–H groups in total. The zero-order valence-electron chi connectivity index (χ0n) is 15.2. The average molecular weight is 344 g/mol. The number of aliphatic hydroxyl groups excluding tert-OH is 1. The molecule has 2 rings (SSSR count). The molecule has 0 aliphatic rings. The first-order chi connectivity index (χ1) is 12.0. The summed E-state index contributed by atoms with van der Waals surface area (Å²) in [5, 5.41) is 12.5. The second-order valence-corrected chi connectivity index (χ2v) is 6.76. The van der Waals surface area contributed by atoms with E-state index < -0.39 is 0 Å². The van der Waals surface area contributed by atoms with Crippen molar-refractivity contribution in [3.05, 3.63) is 40.4 Å². The van der Waals surface area contributed by atoms with Crippen LogP contribution in [0.4, 0.5) is 5.82 Å². The molecule has 0 saturated heterocycles. The summed E-state index contributed by atoms with van der Waals surface area (Å²) in [6.45, 7) is 7.34. The SMILES string of the molecule is CCc1cc(=O)[nH]c(-c2ccc(NCC(CCO)CC(C)C)nc2)n1. The van der Waals surface area contributed by atoms with Crippen molar-refractivity contribution in [3.8, 4) is 11.4 Å². The smallest absolute Gasteiger partial charge is 0.251 e. The first kappa shape index (κ1) is 19.1. The number of rotatable bonds is 9. The Morgan fingerprint density at radius 2 is 2.12 bits per heavy atom. The van der Waals surface area contributed by atoms with E-state index in [4.69, 9.17) is 0 Å². The number of aliphatic hydroxyl groups is 1. The van der Waals surface area contributed by atoms with E-state index in [1.54, 1.807) is 6.20 Å². The lowest BCUT2D eigenvalue weighted by Gasteiger charge is -2.19. The Labute approximate surface area is 148 Å². The largest absolute Gasteiger partial charge is 0.396 e. The van der Waals surface area contributed by atoms with Gasteiger partial charge in [0.1, 0.15) is 11.6 Å². The molecule has 6 heteroatoms. The summed E-state index contributed by atoms with van der Waals surface area (Å²) >= 11 is 0. The maximum absolute atomic E-state index is 11.7. The van der Waals surface area contributed by atoms with E-state index in [1.165, 1.54) is 6.07 Å². The number of aromatic amines is 1. The summed E-state index contributed by atoms with van der Waals surface area (Å²) < 4.78 is 0. The Kier molecular flexibility index (Phi) is 7.13. The first-order valence-corrected chi connectivity index (χ1v) is 8.93. The van der Waals surface area contributed by atoms with Crippen molar-refractivity contribution in [3.63, 3.8) is 0 Å². The molecule has 25 heavy (non-hydrogen) atoms. The van der Waals surface area contributed by atoms with Gasteiger partial charge in [-0.2, -0.15) is 0 Å². The lowest BCUT2D eigenvalue weighted by Crippen LogP contribution is -2.18. The van der Waals surface area contributed by atoms with Gasteiger partial charge in [-0.15, -0.1) is 0 Å². The number of hydrogen-bond acceptors (Lipinski definition) is 5. The van der Waals surface area contributed by atoms with Crippen LogP contribution in [0, 0.1) is 11.8 Å². The van der Waals surface area contributed by atoms with Crippen molar-refractivity contribution in [1.82, 2.24) is 15.0 Å². The van der Waals surface area contributed by atoms with E-state index in [1.807, 2.05) is 19.1 Å². The second kappa shape index (κ2) is 9.32. The van der Waals surface area contributed by atoms with Crippen LogP contribution in [0.3, 0.4) is 0 Å². The van der Waals surface area contributed by atoms with E-state index in [0.717, 1.165) is 36.5 Å². The molecule has 0 aliphatic carbocycles. The minimum absolute atomic E-state index is 0.149. The third-order valence-corrected chi connectivity index (χ3v) is 4.11. The van der Waals surface area contributed by atoms with Crippen molar-refractivity contribution in [2.75, 3.05) is 18.5 Å². The maximum Gasteiger partial charge on any atom is 0.251 e. The van der Waals surface area contributed by atoms with E-state index in [-0.39, 0.29) is 12.2 Å². The Morgan fingerprint density at radius 1 is 1.32 bits per heavy atom. The van der Waals surface area contributed by atoms with Crippen molar-refractivity contribution in [2.24, 2.45) is 11.8 Å². The zero-order chi connectivity index (χ0) is 18.2. The van der Waals surface area contributed by atoms with Gasteiger partial charge in [0.2, 0.25) is 0 Å². The number of anilines is 1. The molecular weight excluding hydrogens is 316 g/mol. The Morgan fingerprint density at radius 3 is 2.72 bits per heavy atom. The topological polar surface area (TPSA) is 90.9 Å². The van der Waals surface area contributed by atoms with Crippen LogP contribution in [0.2, 0.25) is 0 Å². The number of pyridine rings is 1. The highest BCUT2D eigenvalue weighted by Gasteiger charge is 2.11. The van der Waals surface area contributed by atoms with Gasteiger partial charge < -0.3 is 15.4 Å². The summed E-state index contributed by atoms with van der Waals surface area (Å²) in [6.07, 6.45) is 4.29. The van der Waals surface area contributed by atoms with Crippen molar-refractivity contribution in [2.45, 2.75) is 40.0 Å². The molecule has 1 unspecified atom stereocenters. The number of aromatic nitrogens is 3.